The second kappa shape index (κ2) is 7.01. The summed E-state index contributed by atoms with van der Waals surface area (Å²) in [5.41, 5.74) is 2.31. The largest absolute Gasteiger partial charge is 0.497 e. The zero-order chi connectivity index (χ0) is 21.7. The van der Waals surface area contributed by atoms with Crippen molar-refractivity contribution in [3.63, 3.8) is 0 Å². The molecule has 2 aromatic rings. The van der Waals surface area contributed by atoms with Crippen molar-refractivity contribution in [2.24, 2.45) is 4.99 Å². The first-order chi connectivity index (χ1) is 14.3. The van der Waals surface area contributed by atoms with Gasteiger partial charge in [0.1, 0.15) is 17.6 Å². The number of rotatable bonds is 5. The van der Waals surface area contributed by atoms with Crippen molar-refractivity contribution in [1.82, 2.24) is 14.4 Å². The van der Waals surface area contributed by atoms with Crippen LogP contribution in [0.15, 0.2) is 41.5 Å². The standard InChI is InChI=1S/C21H24N5O4/c1-12(2)10-25-19(27)17-18(23(4)21(25)28)22-20-24(17)11-13(3)26(20)15-9-14(29-5)7-8-16(15)30-6/h7-9,11,17H,1,10H2,2-6H3/q+1. The van der Waals surface area contributed by atoms with Gasteiger partial charge in [0.15, 0.2) is 11.4 Å². The second-order valence-corrected chi connectivity index (χ2v) is 7.45. The number of amides is 3. The van der Waals surface area contributed by atoms with Gasteiger partial charge in [-0.2, -0.15) is 4.57 Å². The van der Waals surface area contributed by atoms with Gasteiger partial charge in [0.25, 0.3) is 5.91 Å². The Balaban J connectivity index is 1.88. The van der Waals surface area contributed by atoms with Gasteiger partial charge in [-0.05, 0) is 26.0 Å². The summed E-state index contributed by atoms with van der Waals surface area (Å²) >= 11 is 0. The zero-order valence-electron chi connectivity index (χ0n) is 17.7. The van der Waals surface area contributed by atoms with Crippen LogP contribution in [0.4, 0.5) is 10.7 Å². The minimum Gasteiger partial charge on any atom is -0.497 e. The summed E-state index contributed by atoms with van der Waals surface area (Å²) in [4.78, 5) is 33.3. The molecule has 4 rings (SSSR count). The van der Waals surface area contributed by atoms with E-state index in [1.807, 2.05) is 35.9 Å². The van der Waals surface area contributed by atoms with Crippen molar-refractivity contribution < 1.29 is 23.6 Å². The van der Waals surface area contributed by atoms with Crippen LogP contribution in [0.5, 0.6) is 11.5 Å². The number of nitrogens with zero attached hydrogens (tertiary/aromatic N) is 5. The fraction of sp³-hybridized carbons (Fsp3) is 0.333. The van der Waals surface area contributed by atoms with E-state index in [-0.39, 0.29) is 12.5 Å². The lowest BCUT2D eigenvalue weighted by Crippen LogP contribution is -2.62. The van der Waals surface area contributed by atoms with Crippen LogP contribution in [0, 0.1) is 6.92 Å². The molecule has 0 bridgehead atoms. The van der Waals surface area contributed by atoms with E-state index in [4.69, 9.17) is 9.47 Å². The number of aliphatic imine (C=N–C) groups is 1. The van der Waals surface area contributed by atoms with Gasteiger partial charge < -0.3 is 9.47 Å². The molecule has 30 heavy (non-hydrogen) atoms. The maximum absolute atomic E-state index is 13.2. The van der Waals surface area contributed by atoms with Gasteiger partial charge in [0.2, 0.25) is 11.9 Å². The first-order valence-electron chi connectivity index (χ1n) is 9.46. The molecule has 1 unspecified atom stereocenters. The molecule has 2 aliphatic rings. The number of aromatic nitrogens is 2. The van der Waals surface area contributed by atoms with E-state index in [0.717, 1.165) is 17.0 Å². The first kappa shape index (κ1) is 19.7. The van der Waals surface area contributed by atoms with Gasteiger partial charge in [0.05, 0.1) is 20.8 Å². The van der Waals surface area contributed by atoms with Gasteiger partial charge in [-0.25, -0.2) is 9.36 Å². The van der Waals surface area contributed by atoms with Gasteiger partial charge in [-0.1, -0.05) is 17.1 Å². The van der Waals surface area contributed by atoms with Crippen molar-refractivity contribution in [1.29, 1.82) is 0 Å². The van der Waals surface area contributed by atoms with E-state index in [0.29, 0.717) is 23.3 Å². The highest BCUT2D eigenvalue weighted by atomic mass is 16.5. The van der Waals surface area contributed by atoms with Gasteiger partial charge in [-0.3, -0.25) is 14.6 Å². The highest BCUT2D eigenvalue weighted by Gasteiger charge is 2.53. The Bertz CT molecular complexity index is 1120. The van der Waals surface area contributed by atoms with Gasteiger partial charge in [0, 0.05) is 13.1 Å². The molecule has 1 aromatic carbocycles. The van der Waals surface area contributed by atoms with Crippen molar-refractivity contribution in [3.05, 3.63) is 42.2 Å². The molecular formula is C21H24N5O4+. The maximum atomic E-state index is 13.2. The molecule has 9 nitrogen and oxygen atoms in total. The van der Waals surface area contributed by atoms with Crippen LogP contribution in [0.25, 0.3) is 5.69 Å². The average Bonchev–Trinajstić information content (AvgIpc) is 3.23. The normalized spacial score (nSPS) is 17.6. The van der Waals surface area contributed by atoms with Gasteiger partial charge >= 0.3 is 12.0 Å². The number of ether oxygens (including phenoxy) is 2. The molecule has 1 aromatic heterocycles. The minimum atomic E-state index is -0.710. The van der Waals surface area contributed by atoms with E-state index in [9.17, 15) is 9.59 Å². The number of fused-ring (bicyclic) bond motifs is 3. The molecule has 2 aliphatic heterocycles. The number of imide groups is 1. The molecule has 0 aliphatic carbocycles. The molecule has 9 heteroatoms. The first-order valence-corrected chi connectivity index (χ1v) is 9.46. The number of aryl methyl sites for hydroxylation is 1. The fourth-order valence-corrected chi connectivity index (χ4v) is 3.87. The Morgan fingerprint density at radius 1 is 1.27 bits per heavy atom. The average molecular weight is 410 g/mol. The number of likely N-dealkylation sites (N-methyl/N-ethyl adjacent to an activating group) is 1. The third-order valence-electron chi connectivity index (χ3n) is 5.26. The number of benzene rings is 1. The van der Waals surface area contributed by atoms with Crippen molar-refractivity contribution in [2.45, 2.75) is 19.9 Å². The number of hydrogen-bond acceptors (Lipinski definition) is 5. The fourth-order valence-electron chi connectivity index (χ4n) is 3.87. The number of carbonyl (C=O) groups is 2. The predicted molar refractivity (Wildman–Crippen MR) is 110 cm³/mol. The maximum Gasteiger partial charge on any atom is 0.407 e. The van der Waals surface area contributed by atoms with E-state index in [2.05, 4.69) is 11.6 Å². The SMILES string of the molecule is C=C(C)CN1C(=O)C2C(=Nc3n(-c4cc(OC)ccc4OC)c(C)c[n+]32)N(C)C1=O. The predicted octanol–water partition coefficient (Wildman–Crippen LogP) is 2.15. The van der Waals surface area contributed by atoms with E-state index in [1.165, 1.54) is 9.80 Å². The second-order valence-electron chi connectivity index (χ2n) is 7.45. The summed E-state index contributed by atoms with van der Waals surface area (Å²) in [6, 6.07) is 4.35. The Kier molecular flexibility index (Phi) is 4.60. The highest BCUT2D eigenvalue weighted by molar-refractivity contribution is 6.19. The molecule has 1 atom stereocenters. The molecule has 156 valence electrons. The van der Waals surface area contributed by atoms with Crippen LogP contribution in [-0.2, 0) is 4.79 Å². The molecule has 1 fully saturated rings. The monoisotopic (exact) mass is 410 g/mol. The van der Waals surface area contributed by atoms with Crippen molar-refractivity contribution in [2.75, 3.05) is 27.8 Å². The molecule has 0 N–H and O–H groups in total. The summed E-state index contributed by atoms with van der Waals surface area (Å²) in [6.07, 6.45) is 1.86. The molecule has 3 amide bonds. The smallest absolute Gasteiger partial charge is 0.407 e. The lowest BCUT2D eigenvalue weighted by Gasteiger charge is -2.33. The molecule has 1 saturated heterocycles. The zero-order valence-corrected chi connectivity index (χ0v) is 17.7. The highest BCUT2D eigenvalue weighted by Crippen LogP contribution is 2.35. The third-order valence-corrected chi connectivity index (χ3v) is 5.26. The van der Waals surface area contributed by atoms with Crippen LogP contribution in [0.3, 0.4) is 0 Å². The Morgan fingerprint density at radius 3 is 2.63 bits per heavy atom. The lowest BCUT2D eigenvalue weighted by atomic mass is 10.1. The van der Waals surface area contributed by atoms with Gasteiger partial charge in [-0.15, -0.1) is 0 Å². The van der Waals surface area contributed by atoms with Crippen LogP contribution in [0.2, 0.25) is 0 Å². The molecule has 3 heterocycles. The third kappa shape index (κ3) is 2.77. The Morgan fingerprint density at radius 2 is 2.00 bits per heavy atom. The van der Waals surface area contributed by atoms with Crippen molar-refractivity contribution in [3.8, 4) is 17.2 Å². The molecule has 0 spiro atoms. The quantitative estimate of drug-likeness (QED) is 0.559. The lowest BCUT2D eigenvalue weighted by molar-refractivity contribution is -0.676. The van der Waals surface area contributed by atoms with Crippen LogP contribution in [-0.4, -0.2) is 60.0 Å². The number of hydrogen-bond donors (Lipinski definition) is 0. The minimum absolute atomic E-state index is 0.172. The van der Waals surface area contributed by atoms with Crippen LogP contribution < -0.4 is 14.0 Å². The Hall–Kier alpha value is -3.62. The Labute approximate surface area is 174 Å². The van der Waals surface area contributed by atoms with E-state index >= 15 is 0 Å². The summed E-state index contributed by atoms with van der Waals surface area (Å²) in [6.45, 7) is 7.72. The topological polar surface area (TPSA) is 80.2 Å². The number of imidazole rings is 1. The number of methoxy groups -OCH3 is 2. The van der Waals surface area contributed by atoms with E-state index < -0.39 is 12.1 Å². The summed E-state index contributed by atoms with van der Waals surface area (Å²) in [7, 11) is 4.81. The number of amidine groups is 1. The molecular weight excluding hydrogens is 386 g/mol. The van der Waals surface area contributed by atoms with Crippen LogP contribution in [0.1, 0.15) is 18.7 Å². The summed E-state index contributed by atoms with van der Waals surface area (Å²) in [5, 5.41) is 0. The van der Waals surface area contributed by atoms with Crippen molar-refractivity contribution >= 4 is 23.7 Å². The number of carbonyl (C=O) groups excluding carboxylic acids is 2. The van der Waals surface area contributed by atoms with Crippen LogP contribution >= 0.6 is 0 Å². The van der Waals surface area contributed by atoms with E-state index in [1.54, 1.807) is 32.8 Å². The summed E-state index contributed by atoms with van der Waals surface area (Å²) in [5.74, 6) is 1.90. The molecule has 0 saturated carbocycles. The summed E-state index contributed by atoms with van der Waals surface area (Å²) < 4.78 is 14.6. The molecule has 0 radical (unpaired) electrons. The number of urea groups is 1.